The molecule has 2 saturated heterocycles. The van der Waals surface area contributed by atoms with Gasteiger partial charge in [-0.05, 0) is 31.9 Å². The average molecular weight is 267 g/mol. The third kappa shape index (κ3) is 2.36. The maximum absolute atomic E-state index is 11.8. The van der Waals surface area contributed by atoms with E-state index >= 15 is 0 Å². The van der Waals surface area contributed by atoms with Gasteiger partial charge in [0.05, 0.1) is 0 Å². The Hall–Kier alpha value is -0.0200. The first-order valence-electron chi connectivity index (χ1n) is 7.55. The number of hydrogen-bond donors (Lipinski definition) is 0. The second-order valence-electron chi connectivity index (χ2n) is 6.45. The Morgan fingerprint density at radius 3 is 2.33 bits per heavy atom. The first-order chi connectivity index (χ1) is 8.72. The molecule has 0 aromatic heterocycles. The molecule has 1 saturated carbocycles. The summed E-state index contributed by atoms with van der Waals surface area (Å²) in [5, 5.41) is 0. The lowest BCUT2D eigenvalue weighted by Gasteiger charge is -2.48. The summed E-state index contributed by atoms with van der Waals surface area (Å²) in [5.74, 6) is 0.519. The number of rotatable bonds is 3. The molecule has 3 rings (SSSR count). The fourth-order valence-corrected chi connectivity index (χ4v) is 5.28. The molecular weight excluding hydrogens is 242 g/mol. The molecule has 2 bridgehead atoms. The third-order valence-corrected chi connectivity index (χ3v) is 6.76. The van der Waals surface area contributed by atoms with Gasteiger partial charge in [0, 0.05) is 36.2 Å². The number of hydrogen-bond acceptors (Lipinski definition) is 3. The van der Waals surface area contributed by atoms with Crippen LogP contribution < -0.4 is 0 Å². The lowest BCUT2D eigenvalue weighted by molar-refractivity contribution is -0.127. The van der Waals surface area contributed by atoms with E-state index in [9.17, 15) is 4.79 Å². The lowest BCUT2D eigenvalue weighted by Crippen LogP contribution is -2.56. The Balaban J connectivity index is 1.73. The number of ketones is 1. The summed E-state index contributed by atoms with van der Waals surface area (Å²) in [4.78, 5) is 14.5. The maximum atomic E-state index is 11.8. The highest BCUT2D eigenvalue weighted by Crippen LogP contribution is 2.43. The predicted octanol–water partition coefficient (Wildman–Crippen LogP) is 3.25. The first-order valence-corrected chi connectivity index (χ1v) is 8.77. The summed E-state index contributed by atoms with van der Waals surface area (Å²) >= 11 is 2.09. The molecule has 2 nitrogen and oxygen atoms in total. The Labute approximate surface area is 115 Å². The van der Waals surface area contributed by atoms with E-state index in [-0.39, 0.29) is 0 Å². The van der Waals surface area contributed by atoms with Gasteiger partial charge in [0.1, 0.15) is 5.78 Å². The maximum Gasteiger partial charge on any atom is 0.136 e. The fourth-order valence-electron chi connectivity index (χ4n) is 4.30. The summed E-state index contributed by atoms with van der Waals surface area (Å²) in [6.07, 6.45) is 13.4. The molecule has 2 unspecified atom stereocenters. The summed E-state index contributed by atoms with van der Waals surface area (Å²) in [5.41, 5.74) is 0. The van der Waals surface area contributed by atoms with E-state index in [0.717, 1.165) is 12.8 Å². The van der Waals surface area contributed by atoms with Crippen LogP contribution in [0.25, 0.3) is 0 Å². The van der Waals surface area contributed by atoms with Crippen molar-refractivity contribution in [2.24, 2.45) is 0 Å². The minimum atomic E-state index is 0.508. The van der Waals surface area contributed by atoms with Crippen LogP contribution in [0.5, 0.6) is 0 Å². The molecule has 2 heterocycles. The summed E-state index contributed by atoms with van der Waals surface area (Å²) < 4.78 is 0.508. The van der Waals surface area contributed by atoms with Crippen molar-refractivity contribution in [1.82, 2.24) is 4.90 Å². The van der Waals surface area contributed by atoms with E-state index < -0.39 is 0 Å². The molecule has 3 fully saturated rings. The van der Waals surface area contributed by atoms with Crippen molar-refractivity contribution in [3.63, 3.8) is 0 Å². The molecule has 102 valence electrons. The second-order valence-corrected chi connectivity index (χ2v) is 7.73. The number of nitrogens with zero attached hydrogens (tertiary/aromatic N) is 1. The molecule has 0 aromatic rings. The molecule has 1 aliphatic carbocycles. The molecule has 0 N–H and O–H groups in total. The van der Waals surface area contributed by atoms with Gasteiger partial charge in [0.15, 0.2) is 0 Å². The fraction of sp³-hybridized carbons (Fsp3) is 0.933. The van der Waals surface area contributed by atoms with Crippen LogP contribution in [0.3, 0.4) is 0 Å². The molecule has 0 aromatic carbocycles. The average Bonchev–Trinajstić information content (AvgIpc) is 2.80. The SMILES string of the molecule is CSC1(CN2C3CCCC2CC(=O)C3)CCCC1. The van der Waals surface area contributed by atoms with Crippen LogP contribution in [0.15, 0.2) is 0 Å². The van der Waals surface area contributed by atoms with E-state index in [1.807, 2.05) is 0 Å². The van der Waals surface area contributed by atoms with Crippen molar-refractivity contribution in [3.8, 4) is 0 Å². The van der Waals surface area contributed by atoms with Gasteiger partial charge >= 0.3 is 0 Å². The zero-order chi connectivity index (χ0) is 12.6. The van der Waals surface area contributed by atoms with E-state index in [4.69, 9.17) is 0 Å². The number of carbonyl (C=O) groups is 1. The highest BCUT2D eigenvalue weighted by molar-refractivity contribution is 8.00. The number of fused-ring (bicyclic) bond motifs is 2. The van der Waals surface area contributed by atoms with Crippen LogP contribution in [-0.4, -0.2) is 40.3 Å². The largest absolute Gasteiger partial charge is 0.300 e. The summed E-state index contributed by atoms with van der Waals surface area (Å²) in [7, 11) is 0. The van der Waals surface area contributed by atoms with Gasteiger partial charge in [0.2, 0.25) is 0 Å². The molecule has 3 aliphatic rings. The highest BCUT2D eigenvalue weighted by atomic mass is 32.2. The van der Waals surface area contributed by atoms with Gasteiger partial charge in [-0.3, -0.25) is 9.69 Å². The first kappa shape index (κ1) is 13.0. The summed E-state index contributed by atoms with van der Waals surface area (Å²) in [6.45, 7) is 1.25. The van der Waals surface area contributed by atoms with E-state index in [2.05, 4.69) is 22.9 Å². The summed E-state index contributed by atoms with van der Waals surface area (Å²) in [6, 6.07) is 1.16. The Morgan fingerprint density at radius 1 is 1.17 bits per heavy atom. The molecule has 2 aliphatic heterocycles. The van der Waals surface area contributed by atoms with Crippen molar-refractivity contribution in [2.75, 3.05) is 12.8 Å². The van der Waals surface area contributed by atoms with Crippen LogP contribution in [0.1, 0.15) is 57.8 Å². The lowest BCUT2D eigenvalue weighted by atomic mass is 9.83. The Bertz CT molecular complexity index is 308. The van der Waals surface area contributed by atoms with Crippen LogP contribution in [0, 0.1) is 0 Å². The van der Waals surface area contributed by atoms with Crippen LogP contribution in [0.2, 0.25) is 0 Å². The number of carbonyl (C=O) groups excluding carboxylic acids is 1. The Morgan fingerprint density at radius 2 is 1.78 bits per heavy atom. The molecule has 18 heavy (non-hydrogen) atoms. The molecule has 0 radical (unpaired) electrons. The van der Waals surface area contributed by atoms with Gasteiger partial charge in [-0.25, -0.2) is 0 Å². The number of Topliss-reactive ketones (excluding diaryl/α,β-unsaturated/α-hetero) is 1. The zero-order valence-electron chi connectivity index (χ0n) is 11.5. The quantitative estimate of drug-likeness (QED) is 0.783. The smallest absolute Gasteiger partial charge is 0.136 e. The minimum absolute atomic E-state index is 0.508. The zero-order valence-corrected chi connectivity index (χ0v) is 12.3. The van der Waals surface area contributed by atoms with E-state index in [1.165, 1.54) is 51.5 Å². The molecule has 3 heteroatoms. The molecular formula is C15H25NOS. The normalized spacial score (nSPS) is 35.9. The predicted molar refractivity (Wildman–Crippen MR) is 77.1 cm³/mol. The van der Waals surface area contributed by atoms with Gasteiger partial charge in [0.25, 0.3) is 0 Å². The van der Waals surface area contributed by atoms with Gasteiger partial charge in [-0.15, -0.1) is 0 Å². The van der Waals surface area contributed by atoms with Crippen molar-refractivity contribution in [2.45, 2.75) is 74.6 Å². The minimum Gasteiger partial charge on any atom is -0.300 e. The van der Waals surface area contributed by atoms with Crippen LogP contribution in [0.4, 0.5) is 0 Å². The van der Waals surface area contributed by atoms with Crippen LogP contribution in [-0.2, 0) is 4.79 Å². The van der Waals surface area contributed by atoms with Crippen molar-refractivity contribution < 1.29 is 4.79 Å². The van der Waals surface area contributed by atoms with Crippen LogP contribution >= 0.6 is 11.8 Å². The Kier molecular flexibility index (Phi) is 3.72. The topological polar surface area (TPSA) is 20.3 Å². The van der Waals surface area contributed by atoms with Crippen molar-refractivity contribution >= 4 is 17.5 Å². The van der Waals surface area contributed by atoms with Gasteiger partial charge in [-0.2, -0.15) is 11.8 Å². The third-order valence-electron chi connectivity index (χ3n) is 5.36. The molecule has 2 atom stereocenters. The van der Waals surface area contributed by atoms with Gasteiger partial charge in [-0.1, -0.05) is 19.3 Å². The monoisotopic (exact) mass is 267 g/mol. The number of piperidine rings is 2. The molecule has 0 spiro atoms. The van der Waals surface area contributed by atoms with E-state index in [1.54, 1.807) is 0 Å². The van der Waals surface area contributed by atoms with Crippen molar-refractivity contribution in [1.29, 1.82) is 0 Å². The molecule has 0 amide bonds. The van der Waals surface area contributed by atoms with E-state index in [0.29, 0.717) is 22.6 Å². The van der Waals surface area contributed by atoms with Crippen molar-refractivity contribution in [3.05, 3.63) is 0 Å². The van der Waals surface area contributed by atoms with Gasteiger partial charge < -0.3 is 0 Å². The highest BCUT2D eigenvalue weighted by Gasteiger charge is 2.43. The second kappa shape index (κ2) is 5.16. The number of thioether (sulfide) groups is 1. The standard InChI is InChI=1S/C15H25NOS/c1-18-15(7-2-3-8-15)11-16-12-5-4-6-13(16)10-14(17)9-12/h12-13H,2-11H2,1H3.